The van der Waals surface area contributed by atoms with Crippen molar-refractivity contribution >= 4 is 41.2 Å². The van der Waals surface area contributed by atoms with Crippen LogP contribution in [-0.4, -0.2) is 43.5 Å². The standard InChI is InChI=1S/C24H20N4O3S2/c25-19-22(29)28-20(17(13-32-23(19)28)11-12-18-14-33-27-26-18)24(30)31-21(15-7-3-1-4-8-15)16-9-5-2-6-10-16/h1-12,14,19,21,23H,13,25H2/b12-11-. The first-order valence-electron chi connectivity index (χ1n) is 10.3. The Hall–Kier alpha value is -3.27. The van der Waals surface area contributed by atoms with Crippen molar-refractivity contribution in [1.82, 2.24) is 14.5 Å². The Labute approximate surface area is 199 Å². The van der Waals surface area contributed by atoms with Gasteiger partial charge in [-0.05, 0) is 34.3 Å². The molecule has 3 heterocycles. The van der Waals surface area contributed by atoms with E-state index in [1.165, 1.54) is 28.2 Å². The molecule has 9 heteroatoms. The zero-order valence-electron chi connectivity index (χ0n) is 17.4. The van der Waals surface area contributed by atoms with Crippen molar-refractivity contribution in [2.45, 2.75) is 17.5 Å². The lowest BCUT2D eigenvalue weighted by Gasteiger charge is -2.48. The molecule has 0 bridgehead atoms. The normalized spacial score (nSPS) is 20.2. The van der Waals surface area contributed by atoms with E-state index in [9.17, 15) is 9.59 Å². The van der Waals surface area contributed by atoms with Gasteiger partial charge in [0, 0.05) is 11.1 Å². The van der Waals surface area contributed by atoms with E-state index in [0.717, 1.165) is 11.1 Å². The molecule has 2 aliphatic heterocycles. The number of rotatable bonds is 6. The summed E-state index contributed by atoms with van der Waals surface area (Å²) < 4.78 is 9.92. The lowest BCUT2D eigenvalue weighted by atomic mass is 10.0. The van der Waals surface area contributed by atoms with Crippen molar-refractivity contribution in [1.29, 1.82) is 0 Å². The first-order chi connectivity index (χ1) is 16.1. The van der Waals surface area contributed by atoms with Crippen LogP contribution in [0.5, 0.6) is 0 Å². The van der Waals surface area contributed by atoms with Gasteiger partial charge in [-0.2, -0.15) is 0 Å². The van der Waals surface area contributed by atoms with Crippen molar-refractivity contribution in [3.63, 3.8) is 0 Å². The summed E-state index contributed by atoms with van der Waals surface area (Å²) in [5.74, 6) is -0.312. The van der Waals surface area contributed by atoms with Gasteiger partial charge in [-0.25, -0.2) is 4.79 Å². The van der Waals surface area contributed by atoms with E-state index in [4.69, 9.17) is 10.5 Å². The minimum Gasteiger partial charge on any atom is -0.448 e. The van der Waals surface area contributed by atoms with Gasteiger partial charge in [0.05, 0.1) is 5.69 Å². The Morgan fingerprint density at radius 3 is 2.36 bits per heavy atom. The van der Waals surface area contributed by atoms with E-state index in [0.29, 0.717) is 17.0 Å². The number of fused-ring (bicyclic) bond motifs is 1. The molecule has 0 spiro atoms. The predicted octanol–water partition coefficient (Wildman–Crippen LogP) is 3.38. The van der Waals surface area contributed by atoms with Crippen LogP contribution < -0.4 is 5.73 Å². The van der Waals surface area contributed by atoms with Gasteiger partial charge in [0.15, 0.2) is 6.10 Å². The lowest BCUT2D eigenvalue weighted by molar-refractivity contribution is -0.153. The second-order valence-electron chi connectivity index (χ2n) is 7.58. The van der Waals surface area contributed by atoms with Crippen LogP contribution in [0.25, 0.3) is 6.08 Å². The molecule has 2 aromatic carbocycles. The molecule has 1 fully saturated rings. The van der Waals surface area contributed by atoms with Crippen LogP contribution in [0.1, 0.15) is 22.9 Å². The van der Waals surface area contributed by atoms with Gasteiger partial charge in [-0.3, -0.25) is 9.69 Å². The number of ether oxygens (including phenoxy) is 1. The Kier molecular flexibility index (Phi) is 6.08. The van der Waals surface area contributed by atoms with Gasteiger partial charge < -0.3 is 10.5 Å². The second kappa shape index (κ2) is 9.30. The number of esters is 1. The van der Waals surface area contributed by atoms with Crippen LogP contribution in [0, 0.1) is 0 Å². The van der Waals surface area contributed by atoms with E-state index in [2.05, 4.69) is 9.59 Å². The maximum atomic E-state index is 13.6. The quantitative estimate of drug-likeness (QED) is 0.430. The molecular weight excluding hydrogens is 456 g/mol. The molecular formula is C24H20N4O3S2. The number of allylic oxidation sites excluding steroid dienone is 1. The molecule has 5 rings (SSSR count). The zero-order chi connectivity index (χ0) is 22.8. The summed E-state index contributed by atoms with van der Waals surface area (Å²) in [4.78, 5) is 27.7. The van der Waals surface area contributed by atoms with Crippen LogP contribution in [0.15, 0.2) is 83.4 Å². The third kappa shape index (κ3) is 4.22. The van der Waals surface area contributed by atoms with E-state index in [-0.39, 0.29) is 17.0 Å². The number of benzene rings is 2. The van der Waals surface area contributed by atoms with Crippen molar-refractivity contribution in [3.05, 3.63) is 100 Å². The molecule has 166 valence electrons. The lowest BCUT2D eigenvalue weighted by Crippen LogP contribution is -2.68. The van der Waals surface area contributed by atoms with Crippen LogP contribution in [0.4, 0.5) is 0 Å². The summed E-state index contributed by atoms with van der Waals surface area (Å²) in [6.07, 6.45) is 2.97. The summed E-state index contributed by atoms with van der Waals surface area (Å²) in [7, 11) is 0. The first kappa shape index (κ1) is 21.6. The molecule has 1 aromatic heterocycles. The number of hydrogen-bond donors (Lipinski definition) is 1. The monoisotopic (exact) mass is 476 g/mol. The zero-order valence-corrected chi connectivity index (χ0v) is 19.0. The fraction of sp³-hybridized carbons (Fsp3) is 0.167. The highest BCUT2D eigenvalue weighted by atomic mass is 32.2. The maximum Gasteiger partial charge on any atom is 0.356 e. The average Bonchev–Trinajstić information content (AvgIpc) is 3.39. The van der Waals surface area contributed by atoms with Crippen molar-refractivity contribution in [2.75, 3.05) is 5.75 Å². The van der Waals surface area contributed by atoms with Gasteiger partial charge in [-0.15, -0.1) is 16.9 Å². The number of nitrogens with zero attached hydrogens (tertiary/aromatic N) is 3. The molecule has 2 atom stereocenters. The fourth-order valence-corrected chi connectivity index (χ4v) is 5.52. The topological polar surface area (TPSA) is 98.4 Å². The van der Waals surface area contributed by atoms with Crippen molar-refractivity contribution in [2.24, 2.45) is 5.73 Å². The number of nitrogens with two attached hydrogens (primary N) is 1. The molecule has 7 nitrogen and oxygen atoms in total. The molecule has 1 amide bonds. The summed E-state index contributed by atoms with van der Waals surface area (Å²) in [5, 5.41) is 5.54. The third-order valence-electron chi connectivity index (χ3n) is 5.49. The summed E-state index contributed by atoms with van der Waals surface area (Å²) >= 11 is 2.78. The minimum atomic E-state index is -0.620. The molecule has 0 saturated carbocycles. The number of amides is 1. The van der Waals surface area contributed by atoms with E-state index in [1.54, 1.807) is 17.5 Å². The number of carbonyl (C=O) groups excluding carboxylic acids is 2. The molecule has 0 aliphatic carbocycles. The van der Waals surface area contributed by atoms with Crippen LogP contribution in [0.2, 0.25) is 0 Å². The predicted molar refractivity (Wildman–Crippen MR) is 128 cm³/mol. The van der Waals surface area contributed by atoms with Gasteiger partial charge in [0.25, 0.3) is 0 Å². The third-order valence-corrected chi connectivity index (χ3v) is 7.34. The highest BCUT2D eigenvalue weighted by molar-refractivity contribution is 8.00. The smallest absolute Gasteiger partial charge is 0.356 e. The molecule has 2 N–H and O–H groups in total. The summed E-state index contributed by atoms with van der Waals surface area (Å²) in [6.45, 7) is 0. The van der Waals surface area contributed by atoms with Crippen LogP contribution >= 0.6 is 23.3 Å². The van der Waals surface area contributed by atoms with Crippen LogP contribution in [-0.2, 0) is 14.3 Å². The molecule has 3 aromatic rings. The largest absolute Gasteiger partial charge is 0.448 e. The first-order valence-corrected chi connectivity index (χ1v) is 12.2. The van der Waals surface area contributed by atoms with Gasteiger partial charge in [-0.1, -0.05) is 71.2 Å². The fourth-order valence-electron chi connectivity index (χ4n) is 3.83. The average molecular weight is 477 g/mol. The highest BCUT2D eigenvalue weighted by Gasteiger charge is 2.52. The Morgan fingerprint density at radius 2 is 1.76 bits per heavy atom. The Bertz CT molecular complexity index is 1170. The van der Waals surface area contributed by atoms with E-state index >= 15 is 0 Å². The maximum absolute atomic E-state index is 13.6. The van der Waals surface area contributed by atoms with Gasteiger partial charge >= 0.3 is 5.97 Å². The van der Waals surface area contributed by atoms with Crippen molar-refractivity contribution in [3.8, 4) is 0 Å². The minimum absolute atomic E-state index is 0.238. The van der Waals surface area contributed by atoms with Gasteiger partial charge in [0.1, 0.15) is 17.1 Å². The molecule has 0 radical (unpaired) electrons. The summed E-state index contributed by atoms with van der Waals surface area (Å²) in [6, 6.07) is 18.5. The molecule has 33 heavy (non-hydrogen) atoms. The molecule has 1 saturated heterocycles. The van der Waals surface area contributed by atoms with Crippen molar-refractivity contribution < 1.29 is 14.3 Å². The van der Waals surface area contributed by atoms with Gasteiger partial charge in [0.2, 0.25) is 5.91 Å². The number of aromatic nitrogens is 2. The number of β-lactam (4-membered cyclic amide) rings is 1. The molecule has 2 aliphatic rings. The number of hydrogen-bond acceptors (Lipinski definition) is 8. The SMILES string of the molecule is NC1C(=O)N2C(C(=O)OC(c3ccccc3)c3ccccc3)=C(/C=C\c3csnn3)CSC12. The van der Waals surface area contributed by atoms with Crippen LogP contribution in [0.3, 0.4) is 0 Å². The van der Waals surface area contributed by atoms with E-state index < -0.39 is 18.1 Å². The second-order valence-corrected chi connectivity index (χ2v) is 9.29. The highest BCUT2D eigenvalue weighted by Crippen LogP contribution is 2.41. The summed E-state index contributed by atoms with van der Waals surface area (Å²) in [5.41, 5.74) is 9.30. The Morgan fingerprint density at radius 1 is 1.09 bits per heavy atom. The number of thioether (sulfide) groups is 1. The number of carbonyl (C=O) groups is 2. The van der Waals surface area contributed by atoms with E-state index in [1.807, 2.05) is 60.7 Å². The Balaban J connectivity index is 1.51. The molecule has 2 unspecified atom stereocenters.